The van der Waals surface area contributed by atoms with Crippen molar-refractivity contribution in [3.8, 4) is 5.75 Å². The van der Waals surface area contributed by atoms with Crippen LogP contribution in [-0.4, -0.2) is 32.4 Å². The molecular weight excluding hydrogens is 318 g/mol. The van der Waals surface area contributed by atoms with E-state index in [0.29, 0.717) is 5.11 Å². The van der Waals surface area contributed by atoms with Gasteiger partial charge in [0.1, 0.15) is 5.75 Å². The number of methoxy groups -OCH3 is 1. The summed E-state index contributed by atoms with van der Waals surface area (Å²) in [6.07, 6.45) is 1.04. The number of nitrogens with zero attached hydrogens (tertiary/aromatic N) is 1. The Balaban J connectivity index is 1.74. The number of thiocarbonyl (C=S) groups is 1. The van der Waals surface area contributed by atoms with Crippen LogP contribution in [-0.2, 0) is 6.42 Å². The molecule has 0 aliphatic heterocycles. The van der Waals surface area contributed by atoms with Crippen LogP contribution in [0.4, 0.5) is 11.4 Å². The number of benzene rings is 2. The van der Waals surface area contributed by atoms with Crippen molar-refractivity contribution >= 4 is 28.7 Å². The summed E-state index contributed by atoms with van der Waals surface area (Å²) in [6, 6.07) is 16.4. The van der Waals surface area contributed by atoms with Crippen LogP contribution in [0.15, 0.2) is 48.5 Å². The number of nitrogens with one attached hydrogen (secondary N) is 2. The molecule has 128 valence electrons. The van der Waals surface area contributed by atoms with E-state index in [1.165, 1.54) is 5.56 Å². The molecule has 0 unspecified atom stereocenters. The number of hydrogen-bond donors (Lipinski definition) is 2. The number of anilines is 2. The topological polar surface area (TPSA) is 36.5 Å². The van der Waals surface area contributed by atoms with Crippen molar-refractivity contribution in [1.29, 1.82) is 0 Å². The third-order valence-corrected chi connectivity index (χ3v) is 4.11. The standard InChI is InChI=1S/C19H25N3OS/c1-4-15-5-7-16(8-6-15)21-19(24)20-13-14-22(2)17-9-11-18(23-3)12-10-17/h5-12H,4,13-14H2,1-3H3,(H2,20,21,24). The van der Waals surface area contributed by atoms with Gasteiger partial charge >= 0.3 is 0 Å². The van der Waals surface area contributed by atoms with Crippen molar-refractivity contribution in [2.24, 2.45) is 0 Å². The molecule has 0 aromatic heterocycles. The Morgan fingerprint density at radius 3 is 2.33 bits per heavy atom. The average molecular weight is 343 g/mol. The van der Waals surface area contributed by atoms with Crippen LogP contribution in [0.5, 0.6) is 5.75 Å². The van der Waals surface area contributed by atoms with E-state index in [1.54, 1.807) is 7.11 Å². The quantitative estimate of drug-likeness (QED) is 0.750. The van der Waals surface area contributed by atoms with Gasteiger partial charge < -0.3 is 20.3 Å². The van der Waals surface area contributed by atoms with Crippen LogP contribution >= 0.6 is 12.2 Å². The summed E-state index contributed by atoms with van der Waals surface area (Å²) < 4.78 is 5.18. The van der Waals surface area contributed by atoms with Gasteiger partial charge in [-0.15, -0.1) is 0 Å². The van der Waals surface area contributed by atoms with Crippen molar-refractivity contribution < 1.29 is 4.74 Å². The van der Waals surface area contributed by atoms with Gasteiger partial charge in [-0.2, -0.15) is 0 Å². The van der Waals surface area contributed by atoms with Gasteiger partial charge in [0.25, 0.3) is 0 Å². The summed E-state index contributed by atoms with van der Waals surface area (Å²) in [5.41, 5.74) is 3.47. The summed E-state index contributed by atoms with van der Waals surface area (Å²) >= 11 is 5.34. The molecule has 0 aliphatic rings. The van der Waals surface area contributed by atoms with Gasteiger partial charge in [-0.05, 0) is 60.6 Å². The molecule has 0 saturated carbocycles. The van der Waals surface area contributed by atoms with Crippen molar-refractivity contribution in [3.63, 3.8) is 0 Å². The average Bonchev–Trinajstić information content (AvgIpc) is 2.62. The number of hydrogen-bond acceptors (Lipinski definition) is 3. The summed E-state index contributed by atoms with van der Waals surface area (Å²) in [6.45, 7) is 3.76. The summed E-state index contributed by atoms with van der Waals surface area (Å²) in [4.78, 5) is 2.17. The molecule has 0 radical (unpaired) electrons. The Bertz CT molecular complexity index is 641. The van der Waals surface area contributed by atoms with Gasteiger partial charge in [-0.25, -0.2) is 0 Å². The van der Waals surface area contributed by atoms with Crippen molar-refractivity contribution in [1.82, 2.24) is 5.32 Å². The number of rotatable bonds is 7. The third kappa shape index (κ3) is 5.42. The highest BCUT2D eigenvalue weighted by atomic mass is 32.1. The molecule has 5 heteroatoms. The largest absolute Gasteiger partial charge is 0.497 e. The molecule has 0 heterocycles. The highest BCUT2D eigenvalue weighted by Gasteiger charge is 2.02. The van der Waals surface area contributed by atoms with Crippen molar-refractivity contribution in [3.05, 3.63) is 54.1 Å². The summed E-state index contributed by atoms with van der Waals surface area (Å²) in [7, 11) is 3.73. The molecule has 0 bridgehead atoms. The van der Waals surface area contributed by atoms with E-state index in [1.807, 2.05) is 24.3 Å². The Labute approximate surface area is 149 Å². The predicted octanol–water partition coefficient (Wildman–Crippen LogP) is 3.68. The number of aryl methyl sites for hydroxylation is 1. The Morgan fingerprint density at radius 2 is 1.75 bits per heavy atom. The minimum Gasteiger partial charge on any atom is -0.497 e. The summed E-state index contributed by atoms with van der Waals surface area (Å²) in [5, 5.41) is 7.09. The van der Waals surface area contributed by atoms with Crippen LogP contribution in [0.1, 0.15) is 12.5 Å². The van der Waals surface area contributed by atoms with E-state index in [9.17, 15) is 0 Å². The van der Waals surface area contributed by atoms with E-state index >= 15 is 0 Å². The van der Waals surface area contributed by atoms with E-state index in [-0.39, 0.29) is 0 Å². The fourth-order valence-corrected chi connectivity index (χ4v) is 2.52. The normalized spacial score (nSPS) is 10.1. The molecule has 0 aliphatic carbocycles. The number of likely N-dealkylation sites (N-methyl/N-ethyl adjacent to an activating group) is 1. The second-order valence-electron chi connectivity index (χ2n) is 5.55. The lowest BCUT2D eigenvalue weighted by atomic mass is 10.1. The lowest BCUT2D eigenvalue weighted by Crippen LogP contribution is -2.35. The smallest absolute Gasteiger partial charge is 0.170 e. The maximum absolute atomic E-state index is 5.34. The molecule has 2 N–H and O–H groups in total. The van der Waals surface area contributed by atoms with Gasteiger partial charge in [0.15, 0.2) is 5.11 Å². The number of ether oxygens (including phenoxy) is 1. The first-order valence-electron chi connectivity index (χ1n) is 8.11. The second kappa shape index (κ2) is 9.13. The van der Waals surface area contributed by atoms with Crippen LogP contribution in [0.25, 0.3) is 0 Å². The van der Waals surface area contributed by atoms with Crippen LogP contribution in [0.3, 0.4) is 0 Å². The first-order chi connectivity index (χ1) is 11.6. The molecule has 24 heavy (non-hydrogen) atoms. The highest BCUT2D eigenvalue weighted by Crippen LogP contribution is 2.17. The van der Waals surface area contributed by atoms with Gasteiger partial charge in [-0.1, -0.05) is 19.1 Å². The second-order valence-corrected chi connectivity index (χ2v) is 5.96. The molecule has 2 aromatic rings. The van der Waals surface area contributed by atoms with Gasteiger partial charge in [0.2, 0.25) is 0 Å². The minimum absolute atomic E-state index is 0.641. The van der Waals surface area contributed by atoms with E-state index in [4.69, 9.17) is 17.0 Å². The zero-order valence-corrected chi connectivity index (χ0v) is 15.3. The molecule has 0 saturated heterocycles. The van der Waals surface area contributed by atoms with E-state index < -0.39 is 0 Å². The Hall–Kier alpha value is -2.27. The lowest BCUT2D eigenvalue weighted by Gasteiger charge is -2.20. The first-order valence-corrected chi connectivity index (χ1v) is 8.52. The maximum Gasteiger partial charge on any atom is 0.170 e. The fraction of sp³-hybridized carbons (Fsp3) is 0.316. The van der Waals surface area contributed by atoms with Crippen molar-refractivity contribution in [2.45, 2.75) is 13.3 Å². The zero-order chi connectivity index (χ0) is 17.4. The minimum atomic E-state index is 0.641. The fourth-order valence-electron chi connectivity index (χ4n) is 2.30. The lowest BCUT2D eigenvalue weighted by molar-refractivity contribution is 0.415. The molecule has 0 amide bonds. The van der Waals surface area contributed by atoms with E-state index in [0.717, 1.165) is 36.6 Å². The van der Waals surface area contributed by atoms with Crippen LogP contribution in [0.2, 0.25) is 0 Å². The molecule has 4 nitrogen and oxygen atoms in total. The summed E-state index contributed by atoms with van der Waals surface area (Å²) in [5.74, 6) is 0.866. The third-order valence-electron chi connectivity index (χ3n) is 3.87. The van der Waals surface area contributed by atoms with Gasteiger partial charge in [-0.3, -0.25) is 0 Å². The maximum atomic E-state index is 5.34. The molecule has 2 rings (SSSR count). The first kappa shape index (κ1) is 18.1. The van der Waals surface area contributed by atoms with Crippen LogP contribution in [0, 0.1) is 0 Å². The highest BCUT2D eigenvalue weighted by molar-refractivity contribution is 7.80. The molecule has 2 aromatic carbocycles. The monoisotopic (exact) mass is 343 g/mol. The molecule has 0 atom stereocenters. The van der Waals surface area contributed by atoms with Crippen LogP contribution < -0.4 is 20.3 Å². The van der Waals surface area contributed by atoms with E-state index in [2.05, 4.69) is 53.8 Å². The van der Waals surface area contributed by atoms with Crippen molar-refractivity contribution in [2.75, 3.05) is 37.5 Å². The van der Waals surface area contributed by atoms with Gasteiger partial charge in [0, 0.05) is 31.5 Å². The molecule has 0 spiro atoms. The Morgan fingerprint density at radius 1 is 1.08 bits per heavy atom. The molecular formula is C19H25N3OS. The van der Waals surface area contributed by atoms with Gasteiger partial charge in [0.05, 0.1) is 7.11 Å². The molecule has 0 fully saturated rings. The Kier molecular flexibility index (Phi) is 6.88. The zero-order valence-electron chi connectivity index (χ0n) is 14.5. The SMILES string of the molecule is CCc1ccc(NC(=S)NCCN(C)c2ccc(OC)cc2)cc1. The predicted molar refractivity (Wildman–Crippen MR) is 106 cm³/mol.